The standard InChI is InChI=1S/C15H11O/c16-15(14-9-5-2-6-10-14)12-11-13-7-3-1-4-8-13/h1,3-12H/b12-11+. The minimum absolute atomic E-state index is 0.0119. The average Bonchev–Trinajstić information content (AvgIpc) is 2.38. The van der Waals surface area contributed by atoms with E-state index in [-0.39, 0.29) is 5.78 Å². The molecule has 0 atom stereocenters. The fourth-order valence-electron chi connectivity index (χ4n) is 1.38. The molecule has 0 aliphatic carbocycles. The first-order chi connectivity index (χ1) is 7.86. The summed E-state index contributed by atoms with van der Waals surface area (Å²) in [7, 11) is 0. The number of rotatable bonds is 3. The average molecular weight is 207 g/mol. The third-order valence-corrected chi connectivity index (χ3v) is 2.23. The summed E-state index contributed by atoms with van der Waals surface area (Å²) >= 11 is 0. The topological polar surface area (TPSA) is 17.1 Å². The highest BCUT2D eigenvalue weighted by molar-refractivity contribution is 6.06. The van der Waals surface area contributed by atoms with Crippen LogP contribution >= 0.6 is 0 Å². The van der Waals surface area contributed by atoms with Crippen LogP contribution in [-0.4, -0.2) is 5.78 Å². The summed E-state index contributed by atoms with van der Waals surface area (Å²) in [5.41, 5.74) is 1.71. The molecule has 0 fully saturated rings. The minimum Gasteiger partial charge on any atom is -0.289 e. The van der Waals surface area contributed by atoms with E-state index in [4.69, 9.17) is 0 Å². The van der Waals surface area contributed by atoms with E-state index in [1.807, 2.05) is 36.4 Å². The van der Waals surface area contributed by atoms with E-state index in [9.17, 15) is 4.79 Å². The predicted molar refractivity (Wildman–Crippen MR) is 65.1 cm³/mol. The summed E-state index contributed by atoms with van der Waals surface area (Å²) in [6, 6.07) is 19.7. The van der Waals surface area contributed by atoms with Gasteiger partial charge in [-0.1, -0.05) is 60.7 Å². The first-order valence-electron chi connectivity index (χ1n) is 5.10. The van der Waals surface area contributed by atoms with Gasteiger partial charge >= 0.3 is 0 Å². The second-order valence-electron chi connectivity index (χ2n) is 3.40. The molecule has 0 aliphatic rings. The van der Waals surface area contributed by atoms with E-state index in [1.54, 1.807) is 30.3 Å². The van der Waals surface area contributed by atoms with Crippen LogP contribution < -0.4 is 0 Å². The molecule has 0 aliphatic heterocycles. The van der Waals surface area contributed by atoms with Gasteiger partial charge in [-0.2, -0.15) is 0 Å². The summed E-state index contributed by atoms with van der Waals surface area (Å²) in [5.74, 6) is 0.0119. The van der Waals surface area contributed by atoms with Gasteiger partial charge in [0, 0.05) is 5.56 Å². The fourth-order valence-corrected chi connectivity index (χ4v) is 1.38. The Morgan fingerprint density at radius 3 is 2.38 bits per heavy atom. The van der Waals surface area contributed by atoms with E-state index < -0.39 is 0 Å². The number of hydrogen-bond donors (Lipinski definition) is 0. The van der Waals surface area contributed by atoms with Crippen molar-refractivity contribution in [3.05, 3.63) is 77.9 Å². The summed E-state index contributed by atoms with van der Waals surface area (Å²) in [5, 5.41) is 0. The molecule has 1 nitrogen and oxygen atoms in total. The van der Waals surface area contributed by atoms with Gasteiger partial charge in [0.2, 0.25) is 0 Å². The van der Waals surface area contributed by atoms with Crippen LogP contribution in [0.5, 0.6) is 0 Å². The van der Waals surface area contributed by atoms with Crippen molar-refractivity contribution in [3.63, 3.8) is 0 Å². The predicted octanol–water partition coefficient (Wildman–Crippen LogP) is 3.38. The molecule has 0 amide bonds. The molecule has 0 heterocycles. The second-order valence-corrected chi connectivity index (χ2v) is 3.40. The highest BCUT2D eigenvalue weighted by Gasteiger charge is 1.98. The van der Waals surface area contributed by atoms with Crippen molar-refractivity contribution in [2.45, 2.75) is 0 Å². The van der Waals surface area contributed by atoms with Crippen LogP contribution in [0.4, 0.5) is 0 Å². The molecule has 1 radical (unpaired) electrons. The zero-order valence-electron chi connectivity index (χ0n) is 8.76. The van der Waals surface area contributed by atoms with Crippen LogP contribution in [-0.2, 0) is 0 Å². The molecule has 77 valence electrons. The molecule has 0 N–H and O–H groups in total. The number of hydrogen-bond acceptors (Lipinski definition) is 1. The zero-order valence-corrected chi connectivity index (χ0v) is 8.76. The van der Waals surface area contributed by atoms with Gasteiger partial charge in [0.1, 0.15) is 0 Å². The Balaban J connectivity index is 2.12. The molecule has 2 aromatic carbocycles. The largest absolute Gasteiger partial charge is 0.289 e. The van der Waals surface area contributed by atoms with Gasteiger partial charge in [0.05, 0.1) is 0 Å². The third kappa shape index (κ3) is 2.67. The Labute approximate surface area is 95.1 Å². The van der Waals surface area contributed by atoms with Crippen LogP contribution in [0.25, 0.3) is 6.08 Å². The number of carbonyl (C=O) groups is 1. The lowest BCUT2D eigenvalue weighted by Gasteiger charge is -1.94. The maximum Gasteiger partial charge on any atom is 0.185 e. The summed E-state index contributed by atoms with van der Waals surface area (Å²) in [6.07, 6.45) is 3.41. The molecule has 0 saturated carbocycles. The van der Waals surface area contributed by atoms with Gasteiger partial charge in [-0.15, -0.1) is 0 Å². The number of carbonyl (C=O) groups excluding carboxylic acids is 1. The molecule has 1 heteroatoms. The molecule has 0 aromatic heterocycles. The summed E-state index contributed by atoms with van der Waals surface area (Å²) in [4.78, 5) is 11.7. The normalized spacial score (nSPS) is 10.5. The van der Waals surface area contributed by atoms with Gasteiger partial charge in [-0.05, 0) is 17.7 Å². The molecule has 0 bridgehead atoms. The molecule has 2 aromatic rings. The van der Waals surface area contributed by atoms with Crippen molar-refractivity contribution < 1.29 is 4.79 Å². The van der Waals surface area contributed by atoms with Crippen LogP contribution in [0.3, 0.4) is 0 Å². The Morgan fingerprint density at radius 1 is 1.00 bits per heavy atom. The van der Waals surface area contributed by atoms with Gasteiger partial charge in [0.25, 0.3) is 0 Å². The van der Waals surface area contributed by atoms with Crippen LogP contribution in [0.15, 0.2) is 60.7 Å². The smallest absolute Gasteiger partial charge is 0.185 e. The summed E-state index contributed by atoms with van der Waals surface area (Å²) < 4.78 is 0. The molecule has 2 rings (SSSR count). The highest BCUT2D eigenvalue weighted by atomic mass is 16.1. The van der Waals surface area contributed by atoms with Crippen molar-refractivity contribution in [3.8, 4) is 0 Å². The molecule has 0 unspecified atom stereocenters. The monoisotopic (exact) mass is 207 g/mol. The van der Waals surface area contributed by atoms with Crippen molar-refractivity contribution in [1.82, 2.24) is 0 Å². The van der Waals surface area contributed by atoms with Gasteiger partial charge < -0.3 is 0 Å². The fraction of sp³-hybridized carbons (Fsp3) is 0. The molecular formula is C15H11O. The van der Waals surface area contributed by atoms with Crippen LogP contribution in [0.2, 0.25) is 0 Å². The van der Waals surface area contributed by atoms with Gasteiger partial charge in [0.15, 0.2) is 5.78 Å². The lowest BCUT2D eigenvalue weighted by atomic mass is 10.1. The molecular weight excluding hydrogens is 196 g/mol. The number of benzene rings is 2. The van der Waals surface area contributed by atoms with E-state index in [0.717, 1.165) is 5.56 Å². The van der Waals surface area contributed by atoms with E-state index in [1.165, 1.54) is 0 Å². The van der Waals surface area contributed by atoms with Gasteiger partial charge in [-0.3, -0.25) is 4.79 Å². The second kappa shape index (κ2) is 5.08. The number of ketones is 1. The van der Waals surface area contributed by atoms with E-state index >= 15 is 0 Å². The number of allylic oxidation sites excluding steroid dienone is 1. The Bertz CT molecular complexity index is 483. The first-order valence-corrected chi connectivity index (χ1v) is 5.10. The SMILES string of the molecule is O=C(/C=C/c1ccccc1)c1cc[c]cc1. The zero-order chi connectivity index (χ0) is 11.2. The summed E-state index contributed by atoms with van der Waals surface area (Å²) in [6.45, 7) is 0. The Hall–Kier alpha value is -2.15. The maximum atomic E-state index is 11.7. The minimum atomic E-state index is 0.0119. The first kappa shape index (κ1) is 10.4. The third-order valence-electron chi connectivity index (χ3n) is 2.23. The molecule has 16 heavy (non-hydrogen) atoms. The Morgan fingerprint density at radius 2 is 1.69 bits per heavy atom. The van der Waals surface area contributed by atoms with E-state index in [0.29, 0.717) is 5.56 Å². The van der Waals surface area contributed by atoms with E-state index in [2.05, 4.69) is 6.07 Å². The van der Waals surface area contributed by atoms with Gasteiger partial charge in [-0.25, -0.2) is 0 Å². The molecule has 0 spiro atoms. The van der Waals surface area contributed by atoms with Crippen molar-refractivity contribution in [1.29, 1.82) is 0 Å². The molecule has 0 saturated heterocycles. The quantitative estimate of drug-likeness (QED) is 0.557. The highest BCUT2D eigenvalue weighted by Crippen LogP contribution is 2.05. The Kier molecular flexibility index (Phi) is 3.29. The van der Waals surface area contributed by atoms with Crippen molar-refractivity contribution in [2.24, 2.45) is 0 Å². The van der Waals surface area contributed by atoms with Crippen LogP contribution in [0.1, 0.15) is 15.9 Å². The maximum absolute atomic E-state index is 11.7. The van der Waals surface area contributed by atoms with Crippen LogP contribution in [0, 0.1) is 6.07 Å². The van der Waals surface area contributed by atoms with Crippen molar-refractivity contribution >= 4 is 11.9 Å². The lowest BCUT2D eigenvalue weighted by Crippen LogP contribution is -1.92. The lowest BCUT2D eigenvalue weighted by molar-refractivity contribution is 0.104. The van der Waals surface area contributed by atoms with Crippen molar-refractivity contribution in [2.75, 3.05) is 0 Å².